The Hall–Kier alpha value is -3.48. The molecule has 1 aliphatic heterocycles. The smallest absolute Gasteiger partial charge is 0.369 e. The standard InChI is InChI=1S/C26H30FN5.CO2/c1-18-13-20-16-22-24(25(20)29-17-18)26(28-9-6-12-32-10-3-2-4-11-32)31-23(30-22)15-19-7-5-8-21(27)14-19;2-1-3/h5,7-8,13-14,17H,2-4,6,9-12,15-16H2,1H3,(H,28,30,31);. The first-order chi connectivity index (χ1) is 17.1. The molecule has 0 spiro atoms. The van der Waals surface area contributed by atoms with Gasteiger partial charge in [0.1, 0.15) is 17.5 Å². The van der Waals surface area contributed by atoms with Crippen LogP contribution < -0.4 is 5.32 Å². The number of pyridine rings is 1. The number of fused-ring (bicyclic) bond motifs is 3. The highest BCUT2D eigenvalue weighted by atomic mass is 19.1. The van der Waals surface area contributed by atoms with Crippen LogP contribution in [0.1, 0.15) is 53.9 Å². The van der Waals surface area contributed by atoms with E-state index in [4.69, 9.17) is 24.5 Å². The van der Waals surface area contributed by atoms with Gasteiger partial charge in [-0.3, -0.25) is 4.98 Å². The number of aromatic nitrogens is 3. The van der Waals surface area contributed by atoms with Gasteiger partial charge in [-0.15, -0.1) is 0 Å². The third-order valence-electron chi connectivity index (χ3n) is 6.37. The van der Waals surface area contributed by atoms with Crippen LogP contribution in [0.2, 0.25) is 0 Å². The molecule has 0 amide bonds. The topological polar surface area (TPSA) is 88.1 Å². The molecule has 0 unspecified atom stereocenters. The van der Waals surface area contributed by atoms with Crippen LogP contribution in [0.25, 0.3) is 11.3 Å². The van der Waals surface area contributed by atoms with Crippen molar-refractivity contribution in [2.24, 2.45) is 0 Å². The summed E-state index contributed by atoms with van der Waals surface area (Å²) in [6, 6.07) is 8.87. The third-order valence-corrected chi connectivity index (χ3v) is 6.37. The first-order valence-electron chi connectivity index (χ1n) is 12.1. The molecule has 0 atom stereocenters. The summed E-state index contributed by atoms with van der Waals surface area (Å²) in [5, 5.41) is 3.59. The van der Waals surface area contributed by atoms with Crippen molar-refractivity contribution in [2.45, 2.75) is 45.4 Å². The lowest BCUT2D eigenvalue weighted by molar-refractivity contribution is -0.191. The van der Waals surface area contributed by atoms with Gasteiger partial charge < -0.3 is 10.2 Å². The molecular formula is C27H30FN5O2. The Bertz CT molecular complexity index is 1200. The van der Waals surface area contributed by atoms with E-state index in [-0.39, 0.29) is 12.0 Å². The van der Waals surface area contributed by atoms with Crippen molar-refractivity contribution in [3.05, 3.63) is 70.6 Å². The minimum atomic E-state index is -0.230. The second-order valence-corrected chi connectivity index (χ2v) is 9.08. The predicted molar refractivity (Wildman–Crippen MR) is 130 cm³/mol. The minimum absolute atomic E-state index is 0.230. The van der Waals surface area contributed by atoms with Gasteiger partial charge in [0.25, 0.3) is 0 Å². The number of nitrogens with zero attached hydrogens (tertiary/aromatic N) is 4. The fourth-order valence-electron chi connectivity index (χ4n) is 4.83. The number of nitrogens with one attached hydrogen (secondary N) is 1. The summed E-state index contributed by atoms with van der Waals surface area (Å²) in [6.07, 6.45) is 8.51. The van der Waals surface area contributed by atoms with E-state index in [2.05, 4.69) is 23.2 Å². The van der Waals surface area contributed by atoms with E-state index >= 15 is 0 Å². The summed E-state index contributed by atoms with van der Waals surface area (Å²) in [4.78, 5) is 33.3. The lowest BCUT2D eigenvalue weighted by atomic mass is 10.1. The van der Waals surface area contributed by atoms with Crippen molar-refractivity contribution in [3.63, 3.8) is 0 Å². The van der Waals surface area contributed by atoms with Gasteiger partial charge >= 0.3 is 6.15 Å². The first-order valence-corrected chi connectivity index (χ1v) is 12.1. The van der Waals surface area contributed by atoms with Gasteiger partial charge in [-0.05, 0) is 74.6 Å². The SMILES string of the molecule is Cc1cnc2c(c1)Cc1nc(Cc3cccc(F)c3)nc(NCCCN3CCCCC3)c1-2.O=C=O. The number of hydrogen-bond donors (Lipinski definition) is 1. The average molecular weight is 476 g/mol. The molecule has 2 aromatic heterocycles. The number of anilines is 1. The number of rotatable bonds is 7. The molecule has 5 rings (SSSR count). The number of benzene rings is 1. The Morgan fingerprint density at radius 3 is 2.69 bits per heavy atom. The third kappa shape index (κ3) is 6.35. The maximum Gasteiger partial charge on any atom is 0.373 e. The van der Waals surface area contributed by atoms with Gasteiger partial charge in [0.15, 0.2) is 0 Å². The van der Waals surface area contributed by atoms with Crippen molar-refractivity contribution in [3.8, 4) is 11.3 Å². The van der Waals surface area contributed by atoms with Crippen LogP contribution in [0.5, 0.6) is 0 Å². The molecule has 0 saturated carbocycles. The van der Waals surface area contributed by atoms with Gasteiger partial charge in [0, 0.05) is 25.6 Å². The Morgan fingerprint density at radius 2 is 1.91 bits per heavy atom. The fraction of sp³-hybridized carbons (Fsp3) is 0.407. The van der Waals surface area contributed by atoms with E-state index in [0.29, 0.717) is 6.42 Å². The number of aryl methyl sites for hydroxylation is 1. The van der Waals surface area contributed by atoms with Crippen LogP contribution in [0, 0.1) is 12.7 Å². The van der Waals surface area contributed by atoms with E-state index in [9.17, 15) is 4.39 Å². The Balaban J connectivity index is 0.000000917. The summed E-state index contributed by atoms with van der Waals surface area (Å²) in [5.74, 6) is 1.35. The van der Waals surface area contributed by atoms with Crippen LogP contribution >= 0.6 is 0 Å². The van der Waals surface area contributed by atoms with Crippen LogP contribution in [-0.2, 0) is 22.4 Å². The normalized spacial score (nSPS) is 14.3. The van der Waals surface area contributed by atoms with Gasteiger partial charge in [-0.2, -0.15) is 9.59 Å². The highest BCUT2D eigenvalue weighted by Gasteiger charge is 2.26. The quantitative estimate of drug-likeness (QED) is 0.401. The van der Waals surface area contributed by atoms with Crippen molar-refractivity contribution < 1.29 is 14.0 Å². The lowest BCUT2D eigenvalue weighted by Gasteiger charge is -2.26. The molecule has 7 nitrogen and oxygen atoms in total. The fourth-order valence-corrected chi connectivity index (χ4v) is 4.83. The molecule has 1 N–H and O–H groups in total. The molecule has 1 saturated heterocycles. The zero-order chi connectivity index (χ0) is 24.6. The number of carbonyl (C=O) groups excluding carboxylic acids is 2. The molecule has 8 heteroatoms. The van der Waals surface area contributed by atoms with Gasteiger partial charge in [0.05, 0.1) is 17.0 Å². The zero-order valence-electron chi connectivity index (χ0n) is 20.0. The van der Waals surface area contributed by atoms with Crippen LogP contribution in [0.4, 0.5) is 10.2 Å². The molecule has 1 aromatic carbocycles. The van der Waals surface area contributed by atoms with Gasteiger partial charge in [0.2, 0.25) is 0 Å². The number of piperidine rings is 1. The number of halogens is 1. The number of likely N-dealkylation sites (tertiary alicyclic amines) is 1. The van der Waals surface area contributed by atoms with Crippen molar-refractivity contribution >= 4 is 12.0 Å². The monoisotopic (exact) mass is 475 g/mol. The van der Waals surface area contributed by atoms with Crippen molar-refractivity contribution in [1.82, 2.24) is 19.9 Å². The first kappa shape index (κ1) is 24.6. The van der Waals surface area contributed by atoms with Gasteiger partial charge in [-0.25, -0.2) is 14.4 Å². The van der Waals surface area contributed by atoms with E-state index in [1.807, 2.05) is 12.3 Å². The molecule has 35 heavy (non-hydrogen) atoms. The van der Waals surface area contributed by atoms with Crippen molar-refractivity contribution in [2.75, 3.05) is 31.5 Å². The van der Waals surface area contributed by atoms with Crippen LogP contribution in [0.3, 0.4) is 0 Å². The van der Waals surface area contributed by atoms with E-state index in [0.717, 1.165) is 65.7 Å². The maximum atomic E-state index is 13.7. The second-order valence-electron chi connectivity index (χ2n) is 9.08. The lowest BCUT2D eigenvalue weighted by Crippen LogP contribution is -2.31. The van der Waals surface area contributed by atoms with Crippen LogP contribution in [0.15, 0.2) is 36.5 Å². The molecule has 1 aliphatic carbocycles. The summed E-state index contributed by atoms with van der Waals surface area (Å²) in [5.41, 5.74) is 6.26. The average Bonchev–Trinajstić information content (AvgIpc) is 3.20. The second kappa shape index (κ2) is 11.8. The Kier molecular flexibility index (Phi) is 8.29. The van der Waals surface area contributed by atoms with Crippen LogP contribution in [-0.4, -0.2) is 52.2 Å². The van der Waals surface area contributed by atoms with Gasteiger partial charge in [-0.1, -0.05) is 24.6 Å². The largest absolute Gasteiger partial charge is 0.373 e. The van der Waals surface area contributed by atoms with E-state index in [1.165, 1.54) is 44.0 Å². The van der Waals surface area contributed by atoms with E-state index < -0.39 is 0 Å². The summed E-state index contributed by atoms with van der Waals surface area (Å²) < 4.78 is 13.7. The highest BCUT2D eigenvalue weighted by molar-refractivity contribution is 5.81. The summed E-state index contributed by atoms with van der Waals surface area (Å²) >= 11 is 0. The maximum absolute atomic E-state index is 13.7. The Labute approximate surface area is 204 Å². The predicted octanol–water partition coefficient (Wildman–Crippen LogP) is 4.19. The molecule has 0 bridgehead atoms. The molecule has 182 valence electrons. The molecular weight excluding hydrogens is 445 g/mol. The summed E-state index contributed by atoms with van der Waals surface area (Å²) in [6.45, 7) is 6.48. The molecule has 1 fully saturated rings. The molecule has 3 heterocycles. The molecule has 2 aliphatic rings. The number of hydrogen-bond acceptors (Lipinski definition) is 7. The minimum Gasteiger partial charge on any atom is -0.369 e. The van der Waals surface area contributed by atoms with E-state index in [1.54, 1.807) is 12.1 Å². The molecule has 0 radical (unpaired) electrons. The molecule has 3 aromatic rings. The summed E-state index contributed by atoms with van der Waals surface area (Å²) in [7, 11) is 0. The van der Waals surface area contributed by atoms with Crippen molar-refractivity contribution in [1.29, 1.82) is 0 Å². The zero-order valence-corrected chi connectivity index (χ0v) is 20.0. The Morgan fingerprint density at radius 1 is 1.11 bits per heavy atom. The highest BCUT2D eigenvalue weighted by Crippen LogP contribution is 2.38.